The SMILES string of the molecule is CCCCCCCNC(=O)c1oc(-c2ccc(Cl)c(Cl)c2)c2ccccc12. The Hall–Kier alpha value is -1.97. The molecular formula is C22H23Cl2NO2. The third-order valence-electron chi connectivity index (χ3n) is 4.57. The van der Waals surface area contributed by atoms with Gasteiger partial charge in [0.2, 0.25) is 0 Å². The van der Waals surface area contributed by atoms with Crippen molar-refractivity contribution in [2.45, 2.75) is 39.0 Å². The number of halogens is 2. The lowest BCUT2D eigenvalue weighted by atomic mass is 10.1. The number of carbonyl (C=O) groups excluding carboxylic acids is 1. The summed E-state index contributed by atoms with van der Waals surface area (Å²) < 4.78 is 5.99. The zero-order valence-electron chi connectivity index (χ0n) is 15.4. The Kier molecular flexibility index (Phi) is 6.81. The molecule has 0 aliphatic heterocycles. The highest BCUT2D eigenvalue weighted by Gasteiger charge is 2.20. The summed E-state index contributed by atoms with van der Waals surface area (Å²) >= 11 is 12.2. The van der Waals surface area contributed by atoms with Gasteiger partial charge in [0.15, 0.2) is 5.76 Å². The van der Waals surface area contributed by atoms with Gasteiger partial charge in [-0.1, -0.05) is 80.1 Å². The smallest absolute Gasteiger partial charge is 0.287 e. The predicted octanol–water partition coefficient (Wildman–Crippen LogP) is 7.11. The molecule has 0 saturated heterocycles. The number of amides is 1. The van der Waals surface area contributed by atoms with E-state index in [4.69, 9.17) is 27.6 Å². The first-order chi connectivity index (χ1) is 13.1. The van der Waals surface area contributed by atoms with Crippen LogP contribution in [0.5, 0.6) is 0 Å². The van der Waals surface area contributed by atoms with E-state index in [1.54, 1.807) is 12.1 Å². The third kappa shape index (κ3) is 4.66. The first kappa shape index (κ1) is 19.8. The van der Waals surface area contributed by atoms with Gasteiger partial charge in [0.1, 0.15) is 5.76 Å². The van der Waals surface area contributed by atoms with Crippen LogP contribution in [0.3, 0.4) is 0 Å². The number of hydrogen-bond acceptors (Lipinski definition) is 2. The Morgan fingerprint density at radius 3 is 2.44 bits per heavy atom. The maximum atomic E-state index is 12.7. The minimum Gasteiger partial charge on any atom is -0.450 e. The number of benzene rings is 2. The molecule has 0 saturated carbocycles. The van der Waals surface area contributed by atoms with Crippen molar-refractivity contribution in [1.29, 1.82) is 0 Å². The van der Waals surface area contributed by atoms with Crippen LogP contribution in [0, 0.1) is 0 Å². The van der Waals surface area contributed by atoms with Gasteiger partial charge in [0, 0.05) is 22.9 Å². The third-order valence-corrected chi connectivity index (χ3v) is 5.31. The largest absolute Gasteiger partial charge is 0.450 e. The topological polar surface area (TPSA) is 42.2 Å². The highest BCUT2D eigenvalue weighted by molar-refractivity contribution is 6.42. The number of carbonyl (C=O) groups is 1. The highest BCUT2D eigenvalue weighted by Crippen LogP contribution is 2.36. The van der Waals surface area contributed by atoms with Gasteiger partial charge in [-0.15, -0.1) is 0 Å². The second kappa shape index (κ2) is 9.29. The average Bonchev–Trinajstić information content (AvgIpc) is 3.06. The molecule has 0 unspecified atom stereocenters. The number of hydrogen-bond donors (Lipinski definition) is 1. The van der Waals surface area contributed by atoms with Gasteiger partial charge in [-0.2, -0.15) is 0 Å². The molecule has 3 rings (SSSR count). The van der Waals surface area contributed by atoms with E-state index in [0.717, 1.165) is 29.2 Å². The second-order valence-electron chi connectivity index (χ2n) is 6.60. The molecule has 142 valence electrons. The summed E-state index contributed by atoms with van der Waals surface area (Å²) in [5.74, 6) is 0.769. The van der Waals surface area contributed by atoms with Crippen molar-refractivity contribution in [2.75, 3.05) is 6.54 Å². The Balaban J connectivity index is 1.82. The van der Waals surface area contributed by atoms with Crippen LogP contribution in [-0.2, 0) is 0 Å². The van der Waals surface area contributed by atoms with Gasteiger partial charge in [0.05, 0.1) is 10.0 Å². The summed E-state index contributed by atoms with van der Waals surface area (Å²) in [5, 5.41) is 5.58. The summed E-state index contributed by atoms with van der Waals surface area (Å²) in [4.78, 5) is 12.7. The molecule has 0 atom stereocenters. The van der Waals surface area contributed by atoms with E-state index in [-0.39, 0.29) is 5.91 Å². The van der Waals surface area contributed by atoms with E-state index in [0.29, 0.717) is 28.1 Å². The molecule has 3 nitrogen and oxygen atoms in total. The molecule has 27 heavy (non-hydrogen) atoms. The molecule has 2 aromatic carbocycles. The van der Waals surface area contributed by atoms with Crippen molar-refractivity contribution in [3.05, 3.63) is 58.3 Å². The van der Waals surface area contributed by atoms with Gasteiger partial charge < -0.3 is 9.73 Å². The van der Waals surface area contributed by atoms with E-state index in [1.807, 2.05) is 30.3 Å². The molecule has 1 aromatic heterocycles. The summed E-state index contributed by atoms with van der Waals surface area (Å²) in [6, 6.07) is 13.0. The van der Waals surface area contributed by atoms with Crippen LogP contribution in [0.1, 0.15) is 49.6 Å². The number of nitrogens with one attached hydrogen (secondary N) is 1. The summed E-state index contributed by atoms with van der Waals surface area (Å²) in [7, 11) is 0. The van der Waals surface area contributed by atoms with E-state index in [2.05, 4.69) is 12.2 Å². The molecule has 0 bridgehead atoms. The first-order valence-corrected chi connectivity index (χ1v) is 10.1. The fourth-order valence-electron chi connectivity index (χ4n) is 3.12. The average molecular weight is 404 g/mol. The fourth-order valence-corrected chi connectivity index (χ4v) is 3.42. The van der Waals surface area contributed by atoms with E-state index in [1.165, 1.54) is 19.3 Å². The van der Waals surface area contributed by atoms with Crippen molar-refractivity contribution in [3.63, 3.8) is 0 Å². The monoisotopic (exact) mass is 403 g/mol. The van der Waals surface area contributed by atoms with Crippen LogP contribution in [0.2, 0.25) is 10.0 Å². The zero-order chi connectivity index (χ0) is 19.2. The molecule has 1 N–H and O–H groups in total. The molecule has 0 radical (unpaired) electrons. The van der Waals surface area contributed by atoms with Crippen molar-refractivity contribution < 1.29 is 9.21 Å². The maximum Gasteiger partial charge on any atom is 0.287 e. The number of unbranched alkanes of at least 4 members (excludes halogenated alkanes) is 4. The maximum absolute atomic E-state index is 12.7. The number of furan rings is 1. The molecule has 0 spiro atoms. The molecule has 3 aromatic rings. The standard InChI is InChI=1S/C22H23Cl2NO2/c1-2-3-4-5-8-13-25-22(26)21-17-10-7-6-9-16(17)20(27-21)15-11-12-18(23)19(24)14-15/h6-7,9-12,14H,2-5,8,13H2,1H3,(H,25,26). The molecule has 1 amide bonds. The van der Waals surface area contributed by atoms with Crippen molar-refractivity contribution in [2.24, 2.45) is 0 Å². The van der Waals surface area contributed by atoms with Crippen LogP contribution in [-0.4, -0.2) is 12.5 Å². The van der Waals surface area contributed by atoms with Crippen LogP contribution in [0.25, 0.3) is 22.1 Å². The molecule has 0 fully saturated rings. The van der Waals surface area contributed by atoms with Gasteiger partial charge in [-0.05, 0) is 24.6 Å². The Labute approximate surface area is 169 Å². The minimum absolute atomic E-state index is 0.187. The quantitative estimate of drug-likeness (QED) is 0.407. The lowest BCUT2D eigenvalue weighted by Gasteiger charge is -2.04. The van der Waals surface area contributed by atoms with Crippen molar-refractivity contribution >= 4 is 39.9 Å². The Morgan fingerprint density at radius 1 is 0.963 bits per heavy atom. The van der Waals surface area contributed by atoms with Crippen LogP contribution < -0.4 is 5.32 Å². The summed E-state index contributed by atoms with van der Waals surface area (Å²) in [6.45, 7) is 2.84. The van der Waals surface area contributed by atoms with Crippen LogP contribution >= 0.6 is 23.2 Å². The molecule has 0 aliphatic rings. The van der Waals surface area contributed by atoms with Crippen molar-refractivity contribution in [3.8, 4) is 11.3 Å². The molecular weight excluding hydrogens is 381 g/mol. The van der Waals surface area contributed by atoms with Gasteiger partial charge in [-0.25, -0.2) is 0 Å². The van der Waals surface area contributed by atoms with E-state index < -0.39 is 0 Å². The van der Waals surface area contributed by atoms with Gasteiger partial charge in [-0.3, -0.25) is 4.79 Å². The fraction of sp³-hybridized carbons (Fsp3) is 0.318. The van der Waals surface area contributed by atoms with E-state index >= 15 is 0 Å². The lowest BCUT2D eigenvalue weighted by Crippen LogP contribution is -2.24. The minimum atomic E-state index is -0.187. The van der Waals surface area contributed by atoms with Gasteiger partial charge in [0.25, 0.3) is 5.91 Å². The van der Waals surface area contributed by atoms with Crippen LogP contribution in [0.15, 0.2) is 46.9 Å². The Morgan fingerprint density at radius 2 is 1.70 bits per heavy atom. The van der Waals surface area contributed by atoms with Gasteiger partial charge >= 0.3 is 0 Å². The second-order valence-corrected chi connectivity index (χ2v) is 7.42. The van der Waals surface area contributed by atoms with Crippen molar-refractivity contribution in [1.82, 2.24) is 5.32 Å². The normalized spacial score (nSPS) is 11.1. The van der Waals surface area contributed by atoms with E-state index in [9.17, 15) is 4.79 Å². The highest BCUT2D eigenvalue weighted by atomic mass is 35.5. The Bertz CT molecular complexity index is 933. The number of fused-ring (bicyclic) bond motifs is 1. The molecule has 5 heteroatoms. The lowest BCUT2D eigenvalue weighted by molar-refractivity contribution is 0.0928. The molecule has 1 heterocycles. The number of rotatable bonds is 8. The zero-order valence-corrected chi connectivity index (χ0v) is 16.9. The predicted molar refractivity (Wildman–Crippen MR) is 113 cm³/mol. The first-order valence-electron chi connectivity index (χ1n) is 9.37. The summed E-state index contributed by atoms with van der Waals surface area (Å²) in [5.41, 5.74) is 0.791. The van der Waals surface area contributed by atoms with Crippen LogP contribution in [0.4, 0.5) is 0 Å². The molecule has 0 aliphatic carbocycles. The summed E-state index contributed by atoms with van der Waals surface area (Å²) in [6.07, 6.45) is 5.76.